The SMILES string of the molecule is COC(=O)Nc1nc(CC(=O)N2CCN(S(C)(=O)=O)CC2)cs1. The lowest BCUT2D eigenvalue weighted by molar-refractivity contribution is -0.131. The highest BCUT2D eigenvalue weighted by molar-refractivity contribution is 7.88. The highest BCUT2D eigenvalue weighted by atomic mass is 32.2. The fourth-order valence-electron chi connectivity index (χ4n) is 2.12. The molecule has 1 aliphatic heterocycles. The number of nitrogens with zero attached hydrogens (tertiary/aromatic N) is 3. The van der Waals surface area contributed by atoms with Crippen molar-refractivity contribution in [1.82, 2.24) is 14.2 Å². The van der Waals surface area contributed by atoms with Gasteiger partial charge in [0, 0.05) is 31.6 Å². The zero-order chi connectivity index (χ0) is 17.0. The number of piperazine rings is 1. The second-order valence-corrected chi connectivity index (χ2v) is 7.82. The van der Waals surface area contributed by atoms with Crippen LogP contribution in [0.15, 0.2) is 5.38 Å². The summed E-state index contributed by atoms with van der Waals surface area (Å²) in [5.74, 6) is -0.118. The predicted octanol–water partition coefficient (Wildman–Crippen LogP) is -0.0323. The Kier molecular flexibility index (Phi) is 5.55. The van der Waals surface area contributed by atoms with Crippen LogP contribution in [0.2, 0.25) is 0 Å². The minimum atomic E-state index is -3.21. The largest absolute Gasteiger partial charge is 0.453 e. The number of sulfonamides is 1. The van der Waals surface area contributed by atoms with Gasteiger partial charge < -0.3 is 9.64 Å². The lowest BCUT2D eigenvalue weighted by Crippen LogP contribution is -2.50. The average molecular weight is 362 g/mol. The molecule has 1 fully saturated rings. The lowest BCUT2D eigenvalue weighted by atomic mass is 10.2. The first-order valence-electron chi connectivity index (χ1n) is 6.82. The maximum atomic E-state index is 12.2. The molecule has 0 unspecified atom stereocenters. The average Bonchev–Trinajstić information content (AvgIpc) is 2.93. The van der Waals surface area contributed by atoms with E-state index in [1.807, 2.05) is 0 Å². The third-order valence-corrected chi connectivity index (χ3v) is 5.45. The molecule has 1 saturated heterocycles. The summed E-state index contributed by atoms with van der Waals surface area (Å²) < 4.78 is 28.7. The van der Waals surface area contributed by atoms with Crippen LogP contribution in [0.1, 0.15) is 5.69 Å². The molecule has 23 heavy (non-hydrogen) atoms. The van der Waals surface area contributed by atoms with E-state index in [9.17, 15) is 18.0 Å². The molecule has 1 aliphatic rings. The van der Waals surface area contributed by atoms with Gasteiger partial charge in [-0.25, -0.2) is 18.2 Å². The number of thiazole rings is 1. The van der Waals surface area contributed by atoms with Gasteiger partial charge in [0.05, 0.1) is 25.5 Å². The monoisotopic (exact) mass is 362 g/mol. The van der Waals surface area contributed by atoms with E-state index >= 15 is 0 Å². The number of amides is 2. The Labute approximate surface area is 138 Å². The number of hydrogen-bond donors (Lipinski definition) is 1. The molecular formula is C12H18N4O5S2. The number of rotatable bonds is 4. The molecule has 2 rings (SSSR count). The fraction of sp³-hybridized carbons (Fsp3) is 0.583. The molecule has 11 heteroatoms. The normalized spacial score (nSPS) is 16.2. The zero-order valence-corrected chi connectivity index (χ0v) is 14.4. The summed E-state index contributed by atoms with van der Waals surface area (Å²) in [4.78, 5) is 29.1. The van der Waals surface area contributed by atoms with Crippen molar-refractivity contribution in [3.8, 4) is 0 Å². The Balaban J connectivity index is 1.87. The Bertz CT molecular complexity index is 679. The molecule has 0 radical (unpaired) electrons. The van der Waals surface area contributed by atoms with Gasteiger partial charge in [0.1, 0.15) is 0 Å². The smallest absolute Gasteiger partial charge is 0.413 e. The molecule has 2 heterocycles. The van der Waals surface area contributed by atoms with Crippen molar-refractivity contribution in [2.24, 2.45) is 0 Å². The number of aromatic nitrogens is 1. The van der Waals surface area contributed by atoms with Gasteiger partial charge in [-0.1, -0.05) is 0 Å². The molecule has 0 atom stereocenters. The summed E-state index contributed by atoms with van der Waals surface area (Å²) in [6.45, 7) is 1.33. The van der Waals surface area contributed by atoms with Crippen molar-refractivity contribution >= 4 is 38.5 Å². The van der Waals surface area contributed by atoms with E-state index in [0.717, 1.165) is 6.26 Å². The van der Waals surface area contributed by atoms with E-state index in [0.29, 0.717) is 37.0 Å². The van der Waals surface area contributed by atoms with Crippen LogP contribution >= 0.6 is 11.3 Å². The van der Waals surface area contributed by atoms with Gasteiger partial charge in [-0.2, -0.15) is 4.31 Å². The minimum Gasteiger partial charge on any atom is -0.453 e. The van der Waals surface area contributed by atoms with Gasteiger partial charge >= 0.3 is 6.09 Å². The van der Waals surface area contributed by atoms with Crippen LogP contribution in [0.5, 0.6) is 0 Å². The molecule has 2 amide bonds. The van der Waals surface area contributed by atoms with Crippen LogP contribution in [0.3, 0.4) is 0 Å². The molecule has 1 N–H and O–H groups in total. The van der Waals surface area contributed by atoms with Gasteiger partial charge in [-0.15, -0.1) is 11.3 Å². The summed E-state index contributed by atoms with van der Waals surface area (Å²) in [5, 5.41) is 4.49. The van der Waals surface area contributed by atoms with Crippen LogP contribution in [-0.4, -0.2) is 74.2 Å². The molecule has 0 spiro atoms. The molecule has 0 bridgehead atoms. The number of nitrogens with one attached hydrogen (secondary N) is 1. The van der Waals surface area contributed by atoms with Crippen molar-refractivity contribution in [2.75, 3.05) is 44.9 Å². The first-order valence-corrected chi connectivity index (χ1v) is 9.54. The van der Waals surface area contributed by atoms with Crippen LogP contribution < -0.4 is 5.32 Å². The summed E-state index contributed by atoms with van der Waals surface area (Å²) in [6.07, 6.45) is 0.655. The standard InChI is InChI=1S/C12H18N4O5S2/c1-21-12(18)14-11-13-9(8-22-11)7-10(17)15-3-5-16(6-4-15)23(2,19)20/h8H,3-7H2,1-2H3,(H,13,14,18). The van der Waals surface area contributed by atoms with E-state index in [-0.39, 0.29) is 12.3 Å². The van der Waals surface area contributed by atoms with Crippen molar-refractivity contribution in [3.05, 3.63) is 11.1 Å². The lowest BCUT2D eigenvalue weighted by Gasteiger charge is -2.33. The van der Waals surface area contributed by atoms with Crippen molar-refractivity contribution in [3.63, 3.8) is 0 Å². The minimum absolute atomic E-state index is 0.109. The van der Waals surface area contributed by atoms with E-state index < -0.39 is 16.1 Å². The quantitative estimate of drug-likeness (QED) is 0.805. The highest BCUT2D eigenvalue weighted by Gasteiger charge is 2.26. The Morgan fingerprint density at radius 1 is 1.35 bits per heavy atom. The number of carbonyl (C=O) groups is 2. The van der Waals surface area contributed by atoms with Crippen molar-refractivity contribution in [2.45, 2.75) is 6.42 Å². The first-order chi connectivity index (χ1) is 10.8. The highest BCUT2D eigenvalue weighted by Crippen LogP contribution is 2.17. The Morgan fingerprint density at radius 2 is 2.00 bits per heavy atom. The van der Waals surface area contributed by atoms with Crippen LogP contribution in [0, 0.1) is 0 Å². The predicted molar refractivity (Wildman–Crippen MR) is 84.8 cm³/mol. The molecule has 0 aliphatic carbocycles. The second kappa shape index (κ2) is 7.23. The van der Waals surface area contributed by atoms with Gasteiger partial charge in [0.25, 0.3) is 0 Å². The molecule has 0 saturated carbocycles. The van der Waals surface area contributed by atoms with Gasteiger partial charge in [0.2, 0.25) is 15.9 Å². The van der Waals surface area contributed by atoms with Crippen molar-refractivity contribution in [1.29, 1.82) is 0 Å². The molecular weight excluding hydrogens is 344 g/mol. The van der Waals surface area contributed by atoms with Crippen LogP contribution in [0.25, 0.3) is 0 Å². The van der Waals surface area contributed by atoms with E-state index in [4.69, 9.17) is 0 Å². The van der Waals surface area contributed by atoms with E-state index in [1.165, 1.54) is 22.8 Å². The van der Waals surface area contributed by atoms with Gasteiger partial charge in [-0.3, -0.25) is 10.1 Å². The van der Waals surface area contributed by atoms with Crippen LogP contribution in [0.4, 0.5) is 9.93 Å². The maximum absolute atomic E-state index is 12.2. The topological polar surface area (TPSA) is 109 Å². The Hall–Kier alpha value is -1.72. The van der Waals surface area contributed by atoms with E-state index in [2.05, 4.69) is 15.0 Å². The molecule has 1 aromatic rings. The third kappa shape index (κ3) is 4.88. The summed E-state index contributed by atoms with van der Waals surface area (Å²) in [7, 11) is -1.96. The van der Waals surface area contributed by atoms with Gasteiger partial charge in [-0.05, 0) is 0 Å². The summed E-state index contributed by atoms with van der Waals surface area (Å²) in [5.41, 5.74) is 0.553. The molecule has 128 valence electrons. The molecule has 1 aromatic heterocycles. The van der Waals surface area contributed by atoms with Gasteiger partial charge in [0.15, 0.2) is 5.13 Å². The number of methoxy groups -OCH3 is 1. The third-order valence-electron chi connectivity index (χ3n) is 3.34. The number of hydrogen-bond acceptors (Lipinski definition) is 7. The fourth-order valence-corrected chi connectivity index (χ4v) is 3.64. The number of ether oxygens (including phenoxy) is 1. The summed E-state index contributed by atoms with van der Waals surface area (Å²) in [6, 6.07) is 0. The first kappa shape index (κ1) is 17.6. The second-order valence-electron chi connectivity index (χ2n) is 4.98. The zero-order valence-electron chi connectivity index (χ0n) is 12.8. The molecule has 0 aromatic carbocycles. The Morgan fingerprint density at radius 3 is 2.57 bits per heavy atom. The van der Waals surface area contributed by atoms with Crippen LogP contribution in [-0.2, 0) is 26.0 Å². The maximum Gasteiger partial charge on any atom is 0.413 e. The summed E-state index contributed by atoms with van der Waals surface area (Å²) >= 11 is 1.20. The molecule has 9 nitrogen and oxygen atoms in total. The number of carbonyl (C=O) groups excluding carboxylic acids is 2. The number of anilines is 1. The van der Waals surface area contributed by atoms with Crippen molar-refractivity contribution < 1.29 is 22.7 Å². The van der Waals surface area contributed by atoms with E-state index in [1.54, 1.807) is 10.3 Å².